The van der Waals surface area contributed by atoms with E-state index in [1.165, 1.54) is 26.1 Å². The van der Waals surface area contributed by atoms with E-state index in [1.54, 1.807) is 19.1 Å². The van der Waals surface area contributed by atoms with Crippen molar-refractivity contribution in [2.45, 2.75) is 31.3 Å². The zero-order valence-corrected chi connectivity index (χ0v) is 14.2. The van der Waals surface area contributed by atoms with Crippen molar-refractivity contribution in [3.8, 4) is 0 Å². The fraction of sp³-hybridized carbons (Fsp3) is 0.462. The summed E-state index contributed by atoms with van der Waals surface area (Å²) >= 11 is 0. The SMILES string of the molecule is CCS(=O)(=O)c1ccc(CN2C(C)C(=O)N(C)S2(=O)=O)cc1. The van der Waals surface area contributed by atoms with E-state index < -0.39 is 32.0 Å². The van der Waals surface area contributed by atoms with Gasteiger partial charge in [-0.05, 0) is 24.6 Å². The van der Waals surface area contributed by atoms with Crippen molar-refractivity contribution in [3.05, 3.63) is 29.8 Å². The quantitative estimate of drug-likeness (QED) is 0.786. The number of carbonyl (C=O) groups excluding carboxylic acids is 1. The zero-order valence-electron chi connectivity index (χ0n) is 12.6. The van der Waals surface area contributed by atoms with Gasteiger partial charge in [-0.15, -0.1) is 0 Å². The van der Waals surface area contributed by atoms with E-state index in [-0.39, 0.29) is 17.2 Å². The van der Waals surface area contributed by atoms with Crippen LogP contribution in [0.15, 0.2) is 29.2 Å². The summed E-state index contributed by atoms with van der Waals surface area (Å²) in [4.78, 5) is 12.0. The molecule has 1 fully saturated rings. The van der Waals surface area contributed by atoms with Crippen LogP contribution in [0.1, 0.15) is 19.4 Å². The van der Waals surface area contributed by atoms with Gasteiger partial charge < -0.3 is 0 Å². The molecule has 1 atom stereocenters. The van der Waals surface area contributed by atoms with E-state index in [1.807, 2.05) is 0 Å². The topological polar surface area (TPSA) is 91.8 Å². The summed E-state index contributed by atoms with van der Waals surface area (Å²) in [5, 5.41) is 0. The van der Waals surface area contributed by atoms with Gasteiger partial charge in [-0.2, -0.15) is 12.7 Å². The predicted molar refractivity (Wildman–Crippen MR) is 80.9 cm³/mol. The first-order valence-corrected chi connectivity index (χ1v) is 9.77. The Morgan fingerprint density at radius 2 is 1.73 bits per heavy atom. The first-order valence-electron chi connectivity index (χ1n) is 6.72. The Morgan fingerprint density at radius 3 is 2.14 bits per heavy atom. The molecule has 0 spiro atoms. The molecule has 1 unspecified atom stereocenters. The van der Waals surface area contributed by atoms with Gasteiger partial charge in [0.25, 0.3) is 5.91 Å². The van der Waals surface area contributed by atoms with Gasteiger partial charge in [-0.25, -0.2) is 12.7 Å². The zero-order chi connectivity index (χ0) is 16.7. The van der Waals surface area contributed by atoms with E-state index in [0.717, 1.165) is 8.61 Å². The Labute approximate surface area is 130 Å². The molecule has 0 radical (unpaired) electrons. The minimum atomic E-state index is -3.81. The second-order valence-electron chi connectivity index (χ2n) is 5.08. The minimum Gasteiger partial charge on any atom is -0.272 e. The Morgan fingerprint density at radius 1 is 1.18 bits per heavy atom. The van der Waals surface area contributed by atoms with Gasteiger partial charge in [0.15, 0.2) is 9.84 Å². The molecule has 0 aromatic heterocycles. The molecule has 0 N–H and O–H groups in total. The summed E-state index contributed by atoms with van der Waals surface area (Å²) in [6, 6.07) is 5.26. The van der Waals surface area contributed by atoms with E-state index in [9.17, 15) is 21.6 Å². The standard InChI is InChI=1S/C13H18N2O5S2/c1-4-21(17,18)12-7-5-11(6-8-12)9-15-10(2)13(16)14(3)22(15,19)20/h5-8,10H,4,9H2,1-3H3. The molecular weight excluding hydrogens is 328 g/mol. The lowest BCUT2D eigenvalue weighted by molar-refractivity contribution is -0.126. The normalized spacial score (nSPS) is 22.2. The molecule has 9 heteroatoms. The van der Waals surface area contributed by atoms with Crippen LogP contribution < -0.4 is 0 Å². The summed E-state index contributed by atoms with van der Waals surface area (Å²) in [6.07, 6.45) is 0. The van der Waals surface area contributed by atoms with E-state index in [4.69, 9.17) is 0 Å². The average molecular weight is 346 g/mol. The van der Waals surface area contributed by atoms with Crippen LogP contribution >= 0.6 is 0 Å². The third-order valence-electron chi connectivity index (χ3n) is 3.74. The number of hydrogen-bond acceptors (Lipinski definition) is 5. The molecular formula is C13H18N2O5S2. The highest BCUT2D eigenvalue weighted by atomic mass is 32.2. The molecule has 7 nitrogen and oxygen atoms in total. The number of amides is 1. The summed E-state index contributed by atoms with van der Waals surface area (Å²) in [6.45, 7) is 3.11. The molecule has 1 aromatic rings. The highest BCUT2D eigenvalue weighted by Crippen LogP contribution is 2.25. The van der Waals surface area contributed by atoms with Crippen molar-refractivity contribution in [1.29, 1.82) is 0 Å². The summed E-state index contributed by atoms with van der Waals surface area (Å²) < 4.78 is 49.6. The van der Waals surface area contributed by atoms with E-state index >= 15 is 0 Å². The van der Waals surface area contributed by atoms with Crippen molar-refractivity contribution in [2.24, 2.45) is 0 Å². The smallest absolute Gasteiger partial charge is 0.272 e. The number of nitrogens with zero attached hydrogens (tertiary/aromatic N) is 2. The van der Waals surface area contributed by atoms with Crippen molar-refractivity contribution in [1.82, 2.24) is 8.61 Å². The Hall–Kier alpha value is -1.45. The highest BCUT2D eigenvalue weighted by molar-refractivity contribution is 7.91. The number of likely N-dealkylation sites (N-methyl/N-ethyl adjacent to an activating group) is 1. The summed E-state index contributed by atoms with van der Waals surface area (Å²) in [5.41, 5.74) is 0.619. The van der Waals surface area contributed by atoms with Crippen molar-refractivity contribution >= 4 is 26.0 Å². The van der Waals surface area contributed by atoms with Crippen LogP contribution in [0, 0.1) is 0 Å². The third-order valence-corrected chi connectivity index (χ3v) is 7.40. The first-order chi connectivity index (χ1) is 10.1. The fourth-order valence-corrected chi connectivity index (χ4v) is 4.61. The average Bonchev–Trinajstić information content (AvgIpc) is 2.63. The maximum absolute atomic E-state index is 12.1. The molecule has 1 amide bonds. The fourth-order valence-electron chi connectivity index (χ4n) is 2.22. The largest absolute Gasteiger partial charge is 0.307 e. The molecule has 0 saturated carbocycles. The second kappa shape index (κ2) is 5.64. The molecule has 1 aliphatic rings. The first kappa shape index (κ1) is 16.9. The van der Waals surface area contributed by atoms with Gasteiger partial charge in [0.2, 0.25) is 0 Å². The summed E-state index contributed by atoms with van der Waals surface area (Å²) in [5.74, 6) is -0.478. The lowest BCUT2D eigenvalue weighted by atomic mass is 10.2. The number of benzene rings is 1. The molecule has 122 valence electrons. The maximum Gasteiger partial charge on any atom is 0.307 e. The second-order valence-corrected chi connectivity index (χ2v) is 9.27. The lowest BCUT2D eigenvalue weighted by Gasteiger charge is -2.18. The van der Waals surface area contributed by atoms with Crippen LogP contribution in [0.2, 0.25) is 0 Å². The number of sulfone groups is 1. The Balaban J connectivity index is 2.27. The molecule has 1 saturated heterocycles. The van der Waals surface area contributed by atoms with Crippen LogP contribution in [-0.4, -0.2) is 50.2 Å². The molecule has 22 heavy (non-hydrogen) atoms. The predicted octanol–water partition coefficient (Wildman–Crippen LogP) is 0.388. The third kappa shape index (κ3) is 2.75. The monoisotopic (exact) mass is 346 g/mol. The van der Waals surface area contributed by atoms with E-state index in [2.05, 4.69) is 0 Å². The minimum absolute atomic E-state index is 0.00316. The number of hydrogen-bond donors (Lipinski definition) is 0. The van der Waals surface area contributed by atoms with Crippen LogP contribution in [0.5, 0.6) is 0 Å². The molecule has 0 bridgehead atoms. The number of carbonyl (C=O) groups is 1. The van der Waals surface area contributed by atoms with Gasteiger partial charge in [-0.3, -0.25) is 4.79 Å². The van der Waals surface area contributed by atoms with Crippen molar-refractivity contribution < 1.29 is 21.6 Å². The molecule has 1 aromatic carbocycles. The highest BCUT2D eigenvalue weighted by Gasteiger charge is 2.45. The van der Waals surface area contributed by atoms with Gasteiger partial charge >= 0.3 is 10.2 Å². The maximum atomic E-state index is 12.1. The van der Waals surface area contributed by atoms with Crippen LogP contribution in [-0.2, 0) is 31.4 Å². The Bertz CT molecular complexity index is 784. The van der Waals surface area contributed by atoms with Gasteiger partial charge in [0, 0.05) is 13.6 Å². The van der Waals surface area contributed by atoms with Gasteiger partial charge in [-0.1, -0.05) is 19.1 Å². The lowest BCUT2D eigenvalue weighted by Crippen LogP contribution is -2.33. The molecule has 0 aliphatic carbocycles. The van der Waals surface area contributed by atoms with Crippen LogP contribution in [0.4, 0.5) is 0 Å². The van der Waals surface area contributed by atoms with E-state index in [0.29, 0.717) is 5.56 Å². The van der Waals surface area contributed by atoms with Crippen LogP contribution in [0.3, 0.4) is 0 Å². The summed E-state index contributed by atoms with van der Waals surface area (Å²) in [7, 11) is -5.87. The van der Waals surface area contributed by atoms with Gasteiger partial charge in [0.1, 0.15) is 6.04 Å². The number of rotatable bonds is 4. The molecule has 1 aliphatic heterocycles. The molecule has 2 rings (SSSR count). The molecule has 1 heterocycles. The van der Waals surface area contributed by atoms with Gasteiger partial charge in [0.05, 0.1) is 10.6 Å². The van der Waals surface area contributed by atoms with Crippen molar-refractivity contribution in [3.63, 3.8) is 0 Å². The van der Waals surface area contributed by atoms with Crippen molar-refractivity contribution in [2.75, 3.05) is 12.8 Å². The Kier molecular flexibility index (Phi) is 4.33. The van der Waals surface area contributed by atoms with Crippen LogP contribution in [0.25, 0.3) is 0 Å².